The van der Waals surface area contributed by atoms with Crippen LogP contribution < -0.4 is 5.56 Å². The summed E-state index contributed by atoms with van der Waals surface area (Å²) in [5, 5.41) is 3.33. The van der Waals surface area contributed by atoms with E-state index in [0.29, 0.717) is 5.69 Å². The molecule has 0 atom stereocenters. The van der Waals surface area contributed by atoms with E-state index in [4.69, 9.17) is 11.6 Å². The van der Waals surface area contributed by atoms with Crippen molar-refractivity contribution in [2.24, 2.45) is 7.05 Å². The maximum Gasteiger partial charge on any atom is 0.278 e. The Kier molecular flexibility index (Phi) is 3.00. The Morgan fingerprint density at radius 1 is 1.47 bits per heavy atom. The van der Waals surface area contributed by atoms with Gasteiger partial charge in [0.15, 0.2) is 0 Å². The first-order valence-corrected chi connectivity index (χ1v) is 4.90. The lowest BCUT2D eigenvalue weighted by Crippen LogP contribution is -2.29. The van der Waals surface area contributed by atoms with Gasteiger partial charge in [-0.05, 0) is 17.7 Å². The van der Waals surface area contributed by atoms with Gasteiger partial charge in [-0.15, -0.1) is 0 Å². The second-order valence-corrected chi connectivity index (χ2v) is 4.74. The molecule has 4 nitrogen and oxygen atoms in total. The molecule has 5 heteroatoms. The van der Waals surface area contributed by atoms with E-state index in [-0.39, 0.29) is 11.0 Å². The summed E-state index contributed by atoms with van der Waals surface area (Å²) in [6, 6.07) is 1.46. The fourth-order valence-electron chi connectivity index (χ4n) is 1.12. The van der Waals surface area contributed by atoms with E-state index in [1.54, 1.807) is 0 Å². The Bertz CT molecular complexity index is 457. The fourth-order valence-corrected chi connectivity index (χ4v) is 1.25. The van der Waals surface area contributed by atoms with Gasteiger partial charge in [0.25, 0.3) is 10.8 Å². The monoisotopic (exact) mass is 228 g/mol. The number of carbonyl (C=O) groups is 1. The molecular weight excluding hydrogens is 216 g/mol. The van der Waals surface area contributed by atoms with Gasteiger partial charge >= 0.3 is 0 Å². The first-order valence-electron chi connectivity index (χ1n) is 4.52. The van der Waals surface area contributed by atoms with Crippen molar-refractivity contribution >= 4 is 16.8 Å². The molecule has 0 bridgehead atoms. The van der Waals surface area contributed by atoms with Crippen molar-refractivity contribution in [2.45, 2.75) is 26.2 Å². The highest BCUT2D eigenvalue weighted by Gasteiger charge is 2.20. The summed E-state index contributed by atoms with van der Waals surface area (Å²) in [6.45, 7) is 5.84. The van der Waals surface area contributed by atoms with Gasteiger partial charge in [0.05, 0.1) is 5.69 Å². The predicted octanol–water partition coefficient (Wildman–Crippen LogP) is 1.46. The highest BCUT2D eigenvalue weighted by atomic mass is 35.5. The van der Waals surface area contributed by atoms with E-state index >= 15 is 0 Å². The Hall–Kier alpha value is -1.16. The number of hydrogen-bond acceptors (Lipinski definition) is 3. The maximum atomic E-state index is 11.5. The van der Waals surface area contributed by atoms with Gasteiger partial charge in [0.1, 0.15) is 5.56 Å². The van der Waals surface area contributed by atoms with Crippen LogP contribution in [0.3, 0.4) is 0 Å². The van der Waals surface area contributed by atoms with Gasteiger partial charge in [-0.1, -0.05) is 20.8 Å². The predicted molar refractivity (Wildman–Crippen MR) is 58.4 cm³/mol. The lowest BCUT2D eigenvalue weighted by Gasteiger charge is -2.18. The zero-order valence-corrected chi connectivity index (χ0v) is 9.92. The van der Waals surface area contributed by atoms with Crippen LogP contribution in [0.5, 0.6) is 0 Å². The van der Waals surface area contributed by atoms with Crippen LogP contribution in [0.15, 0.2) is 10.9 Å². The van der Waals surface area contributed by atoms with Crippen molar-refractivity contribution < 1.29 is 4.79 Å². The highest BCUT2D eigenvalue weighted by Crippen LogP contribution is 2.19. The smallest absolute Gasteiger partial charge is 0.275 e. The molecule has 0 aliphatic heterocycles. The van der Waals surface area contributed by atoms with Gasteiger partial charge in [-0.3, -0.25) is 9.59 Å². The van der Waals surface area contributed by atoms with Gasteiger partial charge in [0, 0.05) is 12.5 Å². The summed E-state index contributed by atoms with van der Waals surface area (Å²) in [5.74, 6) is 0. The average Bonchev–Trinajstić information content (AvgIpc) is 2.06. The Morgan fingerprint density at radius 3 is 2.40 bits per heavy atom. The third-order valence-electron chi connectivity index (χ3n) is 2.04. The van der Waals surface area contributed by atoms with Crippen molar-refractivity contribution in [3.8, 4) is 0 Å². The number of hydrogen-bond donors (Lipinski definition) is 0. The highest BCUT2D eigenvalue weighted by molar-refractivity contribution is 6.67. The molecule has 0 aromatic carbocycles. The standard InChI is InChI=1S/C10H13ClN2O2/c1-10(2,3)7-5-6(8(11)14)9(15)13(4)12-7/h5H,1-4H3. The summed E-state index contributed by atoms with van der Waals surface area (Å²) in [4.78, 5) is 22.5. The van der Waals surface area contributed by atoms with Crippen LogP contribution in [0.2, 0.25) is 0 Å². The summed E-state index contributed by atoms with van der Waals surface area (Å²) in [5.41, 5.74) is -0.0669. The van der Waals surface area contributed by atoms with Crippen LogP contribution in [-0.2, 0) is 12.5 Å². The van der Waals surface area contributed by atoms with E-state index in [2.05, 4.69) is 5.10 Å². The van der Waals surface area contributed by atoms with E-state index in [0.717, 1.165) is 4.68 Å². The van der Waals surface area contributed by atoms with Crippen LogP contribution in [0.4, 0.5) is 0 Å². The second kappa shape index (κ2) is 3.77. The number of nitrogens with zero attached hydrogens (tertiary/aromatic N) is 2. The first-order chi connectivity index (χ1) is 6.73. The minimum Gasteiger partial charge on any atom is -0.275 e. The zero-order chi connectivity index (χ0) is 11.8. The zero-order valence-electron chi connectivity index (χ0n) is 9.17. The minimum atomic E-state index is -0.747. The minimum absolute atomic E-state index is 0.0286. The Labute approximate surface area is 92.9 Å². The van der Waals surface area contributed by atoms with Crippen LogP contribution in [-0.4, -0.2) is 15.0 Å². The molecule has 1 aromatic heterocycles. The number of aromatic nitrogens is 2. The molecular formula is C10H13ClN2O2. The number of carbonyl (C=O) groups excluding carboxylic acids is 1. The second-order valence-electron chi connectivity index (χ2n) is 4.40. The molecule has 82 valence electrons. The SMILES string of the molecule is Cn1nc(C(C)(C)C)cc(C(=O)Cl)c1=O. The van der Waals surface area contributed by atoms with Crippen molar-refractivity contribution in [3.63, 3.8) is 0 Å². The molecule has 0 radical (unpaired) electrons. The fraction of sp³-hybridized carbons (Fsp3) is 0.500. The molecule has 0 fully saturated rings. The Morgan fingerprint density at radius 2 is 2.00 bits per heavy atom. The van der Waals surface area contributed by atoms with Crippen LogP contribution in [0.25, 0.3) is 0 Å². The largest absolute Gasteiger partial charge is 0.278 e. The summed E-state index contributed by atoms with van der Waals surface area (Å²) < 4.78 is 1.14. The van der Waals surface area contributed by atoms with Crippen molar-refractivity contribution in [1.82, 2.24) is 9.78 Å². The molecule has 0 spiro atoms. The lowest BCUT2D eigenvalue weighted by atomic mass is 9.91. The van der Waals surface area contributed by atoms with Crippen molar-refractivity contribution in [1.29, 1.82) is 0 Å². The molecule has 1 aromatic rings. The van der Waals surface area contributed by atoms with E-state index in [9.17, 15) is 9.59 Å². The Balaban J connectivity index is 3.50. The molecule has 0 unspecified atom stereocenters. The van der Waals surface area contributed by atoms with Gasteiger partial charge in [-0.25, -0.2) is 4.68 Å². The van der Waals surface area contributed by atoms with Crippen molar-refractivity contribution in [2.75, 3.05) is 0 Å². The summed E-state index contributed by atoms with van der Waals surface area (Å²) >= 11 is 5.32. The van der Waals surface area contributed by atoms with E-state index in [1.807, 2.05) is 20.8 Å². The quantitative estimate of drug-likeness (QED) is 0.684. The molecule has 0 N–H and O–H groups in total. The lowest BCUT2D eigenvalue weighted by molar-refractivity contribution is 0.107. The maximum absolute atomic E-state index is 11.5. The first kappa shape index (κ1) is 11.9. The molecule has 1 rings (SSSR count). The van der Waals surface area contributed by atoms with Gasteiger partial charge in [-0.2, -0.15) is 5.10 Å². The molecule has 0 saturated carbocycles. The van der Waals surface area contributed by atoms with Crippen LogP contribution >= 0.6 is 11.6 Å². The molecule has 1 heterocycles. The number of rotatable bonds is 1. The third kappa shape index (κ3) is 2.45. The molecule has 15 heavy (non-hydrogen) atoms. The van der Waals surface area contributed by atoms with E-state index in [1.165, 1.54) is 13.1 Å². The molecule has 0 aliphatic carbocycles. The molecule has 0 aliphatic rings. The van der Waals surface area contributed by atoms with Crippen LogP contribution in [0, 0.1) is 0 Å². The number of halogens is 1. The molecule has 0 amide bonds. The van der Waals surface area contributed by atoms with Crippen molar-refractivity contribution in [3.05, 3.63) is 27.7 Å². The average molecular weight is 229 g/mol. The summed E-state index contributed by atoms with van der Waals surface area (Å²) in [7, 11) is 1.50. The topological polar surface area (TPSA) is 52.0 Å². The van der Waals surface area contributed by atoms with E-state index < -0.39 is 10.8 Å². The van der Waals surface area contributed by atoms with Gasteiger partial charge < -0.3 is 0 Å². The van der Waals surface area contributed by atoms with Gasteiger partial charge in [0.2, 0.25) is 0 Å². The number of aryl methyl sites for hydroxylation is 1. The summed E-state index contributed by atoms with van der Waals surface area (Å²) in [6.07, 6.45) is 0. The third-order valence-corrected chi connectivity index (χ3v) is 2.25. The normalized spacial score (nSPS) is 11.5. The molecule has 0 saturated heterocycles. The van der Waals surface area contributed by atoms with Crippen LogP contribution in [0.1, 0.15) is 36.8 Å².